The number of aromatic nitrogens is 3. The first-order valence-electron chi connectivity index (χ1n) is 10.4. The molecule has 3 aromatic rings. The summed E-state index contributed by atoms with van der Waals surface area (Å²) in [7, 11) is 0. The Morgan fingerprint density at radius 3 is 2.57 bits per heavy atom. The van der Waals surface area contributed by atoms with Gasteiger partial charge in [0, 0.05) is 56.2 Å². The highest BCUT2D eigenvalue weighted by Gasteiger charge is 2.18. The zero-order valence-electron chi connectivity index (χ0n) is 17.3. The Morgan fingerprint density at radius 2 is 1.87 bits per heavy atom. The Labute approximate surface area is 176 Å². The topological polar surface area (TPSA) is 74.4 Å². The van der Waals surface area contributed by atoms with Gasteiger partial charge in [-0.05, 0) is 30.7 Å². The molecular formula is C23H27N5O2. The normalized spacial score (nSPS) is 14.6. The Kier molecular flexibility index (Phi) is 6.39. The second kappa shape index (κ2) is 9.54. The van der Waals surface area contributed by atoms with Crippen molar-refractivity contribution < 1.29 is 4.74 Å². The zero-order valence-corrected chi connectivity index (χ0v) is 17.3. The number of piperazine rings is 1. The van der Waals surface area contributed by atoms with E-state index >= 15 is 0 Å². The van der Waals surface area contributed by atoms with E-state index in [1.54, 1.807) is 6.20 Å². The van der Waals surface area contributed by atoms with Gasteiger partial charge >= 0.3 is 0 Å². The van der Waals surface area contributed by atoms with Crippen LogP contribution in [0.4, 0.5) is 5.82 Å². The van der Waals surface area contributed by atoms with E-state index in [9.17, 15) is 4.79 Å². The molecule has 2 aromatic heterocycles. The molecule has 1 aromatic carbocycles. The maximum Gasteiger partial charge on any atom is 0.251 e. The summed E-state index contributed by atoms with van der Waals surface area (Å²) in [6.07, 6.45) is 2.51. The first-order chi connectivity index (χ1) is 14.7. The van der Waals surface area contributed by atoms with E-state index in [-0.39, 0.29) is 5.56 Å². The van der Waals surface area contributed by atoms with Crippen LogP contribution in [0, 0.1) is 0 Å². The average Bonchev–Trinajstić information content (AvgIpc) is 2.80. The number of nitrogens with zero attached hydrogens (tertiary/aromatic N) is 4. The van der Waals surface area contributed by atoms with Gasteiger partial charge in [-0.3, -0.25) is 9.69 Å². The summed E-state index contributed by atoms with van der Waals surface area (Å²) in [5.74, 6) is 2.44. The summed E-state index contributed by atoms with van der Waals surface area (Å²) in [6, 6.07) is 15.4. The fraction of sp³-hybridized carbons (Fsp3) is 0.348. The predicted molar refractivity (Wildman–Crippen MR) is 118 cm³/mol. The lowest BCUT2D eigenvalue weighted by molar-refractivity contribution is 0.200. The molecular weight excluding hydrogens is 378 g/mol. The first kappa shape index (κ1) is 20.1. The number of rotatable bonds is 7. The van der Waals surface area contributed by atoms with Crippen molar-refractivity contribution in [1.29, 1.82) is 0 Å². The van der Waals surface area contributed by atoms with Crippen LogP contribution >= 0.6 is 0 Å². The molecule has 7 nitrogen and oxygen atoms in total. The minimum atomic E-state index is -0.131. The molecule has 4 rings (SSSR count). The van der Waals surface area contributed by atoms with Crippen LogP contribution in [0.5, 0.6) is 5.75 Å². The highest BCUT2D eigenvalue weighted by Crippen LogP contribution is 2.19. The minimum Gasteiger partial charge on any atom is -0.492 e. The molecule has 0 unspecified atom stereocenters. The number of hydrogen-bond acceptors (Lipinski definition) is 6. The van der Waals surface area contributed by atoms with Gasteiger partial charge in [-0.1, -0.05) is 25.1 Å². The molecule has 7 heteroatoms. The molecule has 0 atom stereocenters. The molecule has 0 saturated carbocycles. The number of pyridine rings is 1. The minimum absolute atomic E-state index is 0.131. The fourth-order valence-corrected chi connectivity index (χ4v) is 3.55. The number of aromatic amines is 1. The van der Waals surface area contributed by atoms with Crippen LogP contribution < -0.4 is 15.2 Å². The van der Waals surface area contributed by atoms with Crippen molar-refractivity contribution in [2.75, 3.05) is 44.2 Å². The third-order valence-corrected chi connectivity index (χ3v) is 5.29. The molecule has 156 valence electrons. The van der Waals surface area contributed by atoms with Crippen molar-refractivity contribution in [3.8, 4) is 17.1 Å². The molecule has 0 aliphatic carbocycles. The molecule has 0 spiro atoms. The summed E-state index contributed by atoms with van der Waals surface area (Å²) >= 11 is 0. The van der Waals surface area contributed by atoms with E-state index in [0.717, 1.165) is 62.0 Å². The summed E-state index contributed by atoms with van der Waals surface area (Å²) in [6.45, 7) is 7.42. The van der Waals surface area contributed by atoms with Crippen LogP contribution in [0.2, 0.25) is 0 Å². The number of benzene rings is 1. The summed E-state index contributed by atoms with van der Waals surface area (Å²) in [5.41, 5.74) is 1.47. The maximum absolute atomic E-state index is 11.8. The van der Waals surface area contributed by atoms with Crippen LogP contribution in [0.1, 0.15) is 12.6 Å². The van der Waals surface area contributed by atoms with Gasteiger partial charge in [-0.15, -0.1) is 0 Å². The molecule has 0 bridgehead atoms. The lowest BCUT2D eigenvalue weighted by Gasteiger charge is -2.35. The lowest BCUT2D eigenvalue weighted by atomic mass is 10.2. The van der Waals surface area contributed by atoms with Crippen LogP contribution in [0.3, 0.4) is 0 Å². The van der Waals surface area contributed by atoms with E-state index in [1.807, 2.05) is 49.4 Å². The van der Waals surface area contributed by atoms with Gasteiger partial charge in [0.1, 0.15) is 24.0 Å². The summed E-state index contributed by atoms with van der Waals surface area (Å²) in [5, 5.41) is 0. The lowest BCUT2D eigenvalue weighted by Crippen LogP contribution is -2.47. The van der Waals surface area contributed by atoms with Crippen molar-refractivity contribution in [3.05, 3.63) is 70.8 Å². The molecule has 1 saturated heterocycles. The molecule has 0 radical (unpaired) electrons. The van der Waals surface area contributed by atoms with Gasteiger partial charge in [0.15, 0.2) is 0 Å². The molecule has 0 amide bonds. The van der Waals surface area contributed by atoms with Crippen LogP contribution in [0.25, 0.3) is 11.4 Å². The van der Waals surface area contributed by atoms with Gasteiger partial charge in [-0.25, -0.2) is 9.97 Å². The fourth-order valence-electron chi connectivity index (χ4n) is 3.55. The monoisotopic (exact) mass is 405 g/mol. The van der Waals surface area contributed by atoms with E-state index in [4.69, 9.17) is 4.74 Å². The number of nitrogens with one attached hydrogen (secondary N) is 1. The molecule has 3 heterocycles. The third-order valence-electron chi connectivity index (χ3n) is 5.29. The number of aryl methyl sites for hydroxylation is 1. The molecule has 1 aliphatic rings. The first-order valence-corrected chi connectivity index (χ1v) is 10.4. The smallest absolute Gasteiger partial charge is 0.251 e. The van der Waals surface area contributed by atoms with E-state index < -0.39 is 0 Å². The number of ether oxygens (including phenoxy) is 1. The van der Waals surface area contributed by atoms with Crippen molar-refractivity contribution in [1.82, 2.24) is 19.9 Å². The Balaban J connectivity index is 1.30. The maximum atomic E-state index is 11.8. The van der Waals surface area contributed by atoms with E-state index in [0.29, 0.717) is 12.4 Å². The number of anilines is 1. The van der Waals surface area contributed by atoms with Gasteiger partial charge in [-0.2, -0.15) is 0 Å². The second-order valence-corrected chi connectivity index (χ2v) is 7.33. The van der Waals surface area contributed by atoms with Crippen LogP contribution in [-0.4, -0.2) is 59.2 Å². The largest absolute Gasteiger partial charge is 0.492 e. The summed E-state index contributed by atoms with van der Waals surface area (Å²) in [4.78, 5) is 28.4. The highest BCUT2D eigenvalue weighted by molar-refractivity contribution is 5.56. The number of H-pyrrole nitrogens is 1. The third kappa shape index (κ3) is 5.04. The Morgan fingerprint density at radius 1 is 1.07 bits per heavy atom. The molecule has 1 aliphatic heterocycles. The van der Waals surface area contributed by atoms with Gasteiger partial charge in [0.25, 0.3) is 5.56 Å². The van der Waals surface area contributed by atoms with Gasteiger partial charge in [0.2, 0.25) is 0 Å². The van der Waals surface area contributed by atoms with Crippen molar-refractivity contribution in [2.24, 2.45) is 0 Å². The average molecular weight is 406 g/mol. The van der Waals surface area contributed by atoms with Crippen molar-refractivity contribution in [3.63, 3.8) is 0 Å². The quantitative estimate of drug-likeness (QED) is 0.651. The van der Waals surface area contributed by atoms with Crippen LogP contribution in [-0.2, 0) is 6.42 Å². The highest BCUT2D eigenvalue weighted by atomic mass is 16.5. The Hall–Kier alpha value is -3.19. The molecule has 30 heavy (non-hydrogen) atoms. The molecule has 1 fully saturated rings. The Bertz CT molecular complexity index is 996. The van der Waals surface area contributed by atoms with Crippen molar-refractivity contribution in [2.45, 2.75) is 13.3 Å². The molecule has 1 N–H and O–H groups in total. The van der Waals surface area contributed by atoms with Gasteiger partial charge < -0.3 is 14.6 Å². The number of para-hydroxylation sites is 1. The van der Waals surface area contributed by atoms with E-state index in [2.05, 4.69) is 24.8 Å². The predicted octanol–water partition coefficient (Wildman–Crippen LogP) is 2.60. The SMILES string of the molecule is CCc1cc(=O)[nH]c(-c2ccc(N3CCN(CCOc4ccccc4)CC3)nc2)n1. The standard InChI is InChI=1S/C23H27N5O2/c1-2-19-16-22(29)26-23(25-19)18-8-9-21(24-17-18)28-12-10-27(11-13-28)14-15-30-20-6-4-3-5-7-20/h3-9,16-17H,2,10-15H2,1H3,(H,25,26,29). The summed E-state index contributed by atoms with van der Waals surface area (Å²) < 4.78 is 5.80. The van der Waals surface area contributed by atoms with Crippen LogP contribution in [0.15, 0.2) is 59.5 Å². The van der Waals surface area contributed by atoms with E-state index in [1.165, 1.54) is 6.07 Å². The zero-order chi connectivity index (χ0) is 20.8. The van der Waals surface area contributed by atoms with Crippen molar-refractivity contribution >= 4 is 5.82 Å². The second-order valence-electron chi connectivity index (χ2n) is 7.33. The van der Waals surface area contributed by atoms with Gasteiger partial charge in [0.05, 0.1) is 0 Å². The number of hydrogen-bond donors (Lipinski definition) is 1.